The maximum Gasteiger partial charge on any atom is 0.142 e. The second kappa shape index (κ2) is 3.32. The van der Waals surface area contributed by atoms with Crippen molar-refractivity contribution in [3.05, 3.63) is 22.8 Å². The molecule has 56 valence electrons. The first-order chi connectivity index (χ1) is 4.74. The Morgan fingerprint density at radius 1 is 1.70 bits per heavy atom. The van der Waals surface area contributed by atoms with Gasteiger partial charge in [-0.3, -0.25) is 0 Å². The second-order valence-electron chi connectivity index (χ2n) is 2.28. The summed E-state index contributed by atoms with van der Waals surface area (Å²) in [6.45, 7) is 2.10. The third-order valence-electron chi connectivity index (χ3n) is 1.51. The summed E-state index contributed by atoms with van der Waals surface area (Å²) in [5, 5.41) is 1.01. The van der Waals surface area contributed by atoms with E-state index in [1.165, 1.54) is 0 Å². The molecule has 0 fully saturated rings. The third-order valence-corrected chi connectivity index (χ3v) is 2.00. The molecule has 0 bridgehead atoms. The van der Waals surface area contributed by atoms with Gasteiger partial charge in [0.15, 0.2) is 0 Å². The highest BCUT2D eigenvalue weighted by Gasteiger charge is 2.16. The summed E-state index contributed by atoms with van der Waals surface area (Å²) in [4.78, 5) is 5.13. The predicted octanol–water partition coefficient (Wildman–Crippen LogP) is 0.627. The Hall–Kier alpha value is -0.120. The van der Waals surface area contributed by atoms with Crippen molar-refractivity contribution in [2.24, 2.45) is 0 Å². The fourth-order valence-corrected chi connectivity index (χ4v) is 1.27. The van der Waals surface area contributed by atoms with Crippen LogP contribution in [-0.4, -0.2) is 13.2 Å². The van der Waals surface area contributed by atoms with Gasteiger partial charge in [0.25, 0.3) is 0 Å². The lowest BCUT2D eigenvalue weighted by molar-refractivity contribution is -1.06. The Balaban J connectivity index is 2.67. The Morgan fingerprint density at radius 2 is 2.40 bits per heavy atom. The van der Waals surface area contributed by atoms with Gasteiger partial charge in [-0.15, -0.1) is 0 Å². The predicted molar refractivity (Wildman–Crippen MR) is 43.6 cm³/mol. The molecule has 1 heterocycles. The van der Waals surface area contributed by atoms with Crippen LogP contribution in [0.4, 0.5) is 0 Å². The summed E-state index contributed by atoms with van der Waals surface area (Å²) >= 11 is 3.37. The molecule has 1 N–H and O–H groups in total. The minimum Gasteiger partial charge on any atom is -0.203 e. The zero-order valence-corrected chi connectivity index (χ0v) is 7.68. The average Bonchev–Trinajstić information content (AvgIpc) is 1.94. The van der Waals surface area contributed by atoms with Crippen LogP contribution in [0, 0.1) is 0 Å². The zero-order valence-electron chi connectivity index (χ0n) is 6.10. The number of allylic oxidation sites excluding steroid dienone is 2. The van der Waals surface area contributed by atoms with Gasteiger partial charge in [-0.2, -0.15) is 5.06 Å². The number of hydrogen-bond acceptors (Lipinski definition) is 1. The first-order valence-corrected chi connectivity index (χ1v) is 3.99. The minimum atomic E-state index is 0.409. The summed E-state index contributed by atoms with van der Waals surface area (Å²) < 4.78 is 1.07. The molecule has 0 aromatic rings. The van der Waals surface area contributed by atoms with Crippen LogP contribution >= 0.6 is 15.9 Å². The van der Waals surface area contributed by atoms with Gasteiger partial charge in [0.05, 0.1) is 11.6 Å². The molecule has 1 rings (SSSR count). The third kappa shape index (κ3) is 1.68. The lowest BCUT2D eigenvalue weighted by atomic mass is 10.2. The molecule has 1 aliphatic heterocycles. The highest BCUT2D eigenvalue weighted by Crippen LogP contribution is 2.06. The van der Waals surface area contributed by atoms with Gasteiger partial charge in [-0.05, 0) is 35.0 Å². The fourth-order valence-electron chi connectivity index (χ4n) is 0.891. The first-order valence-electron chi connectivity index (χ1n) is 3.20. The molecule has 3 heteroatoms. The molecule has 0 spiro atoms. The lowest BCUT2D eigenvalue weighted by Crippen LogP contribution is -3.10. The topological polar surface area (TPSA) is 13.7 Å². The van der Waals surface area contributed by atoms with Gasteiger partial charge in [0.1, 0.15) is 12.2 Å². The molecule has 0 aromatic carbocycles. The highest BCUT2D eigenvalue weighted by atomic mass is 79.9. The van der Waals surface area contributed by atoms with Crippen LogP contribution < -0.4 is 5.06 Å². The smallest absolute Gasteiger partial charge is 0.142 e. The Kier molecular flexibility index (Phi) is 2.65. The number of rotatable bonds is 1. The van der Waals surface area contributed by atoms with Gasteiger partial charge in [0, 0.05) is 0 Å². The molecular weight excluding hydrogens is 194 g/mol. The van der Waals surface area contributed by atoms with Gasteiger partial charge >= 0.3 is 0 Å². The van der Waals surface area contributed by atoms with Crippen molar-refractivity contribution >= 4 is 15.9 Å². The van der Waals surface area contributed by atoms with Crippen LogP contribution in [-0.2, 0) is 4.84 Å². The summed E-state index contributed by atoms with van der Waals surface area (Å²) in [5.74, 6) is 0. The summed E-state index contributed by atoms with van der Waals surface area (Å²) in [6, 6.07) is 0.409. The van der Waals surface area contributed by atoms with Crippen molar-refractivity contribution in [1.82, 2.24) is 0 Å². The molecule has 0 saturated heterocycles. The number of halogens is 1. The molecule has 2 atom stereocenters. The van der Waals surface area contributed by atoms with E-state index in [0.717, 1.165) is 9.55 Å². The molecule has 2 nitrogen and oxygen atoms in total. The Morgan fingerprint density at radius 3 is 2.90 bits per heavy atom. The molecule has 2 unspecified atom stereocenters. The molecule has 0 aliphatic carbocycles. The van der Waals surface area contributed by atoms with E-state index < -0.39 is 0 Å². The number of hydroxylamine groups is 2. The van der Waals surface area contributed by atoms with Crippen molar-refractivity contribution in [3.63, 3.8) is 0 Å². The SMILES string of the molecule is CO[NH+]1C=C(Br)C=CC1C. The maximum atomic E-state index is 5.13. The maximum absolute atomic E-state index is 5.13. The first kappa shape index (κ1) is 7.98. The van der Waals surface area contributed by atoms with E-state index in [1.807, 2.05) is 12.3 Å². The van der Waals surface area contributed by atoms with Crippen LogP contribution in [0.1, 0.15) is 6.92 Å². The van der Waals surface area contributed by atoms with Crippen LogP contribution in [0.3, 0.4) is 0 Å². The molecule has 0 radical (unpaired) electrons. The van der Waals surface area contributed by atoms with Gasteiger partial charge in [0.2, 0.25) is 0 Å². The van der Waals surface area contributed by atoms with Crippen LogP contribution in [0.15, 0.2) is 22.8 Å². The molecule has 10 heavy (non-hydrogen) atoms. The van der Waals surface area contributed by atoms with Crippen molar-refractivity contribution in [2.75, 3.05) is 7.11 Å². The summed E-state index contributed by atoms with van der Waals surface area (Å²) in [7, 11) is 1.70. The largest absolute Gasteiger partial charge is 0.203 e. The quantitative estimate of drug-likeness (QED) is 0.662. The highest BCUT2D eigenvalue weighted by molar-refractivity contribution is 9.11. The van der Waals surface area contributed by atoms with Crippen molar-refractivity contribution in [2.45, 2.75) is 13.0 Å². The Labute approximate surface area is 69.2 Å². The van der Waals surface area contributed by atoms with Crippen LogP contribution in [0.2, 0.25) is 0 Å². The monoisotopic (exact) mass is 204 g/mol. The molecular formula is C7H11BrNO+. The standard InChI is InChI=1S/C7H10BrNO/c1-6-3-4-7(8)5-9(6)10-2/h3-6H,1-2H3/p+1. The van der Waals surface area contributed by atoms with Gasteiger partial charge in [-0.25, -0.2) is 4.84 Å². The van der Waals surface area contributed by atoms with E-state index in [1.54, 1.807) is 7.11 Å². The van der Waals surface area contributed by atoms with E-state index in [4.69, 9.17) is 4.84 Å². The normalized spacial score (nSPS) is 32.1. The Bertz CT molecular complexity index is 176. The summed E-state index contributed by atoms with van der Waals surface area (Å²) in [6.07, 6.45) is 6.13. The fraction of sp³-hybridized carbons (Fsp3) is 0.429. The van der Waals surface area contributed by atoms with Crippen LogP contribution in [0.25, 0.3) is 0 Å². The van der Waals surface area contributed by atoms with Crippen molar-refractivity contribution < 1.29 is 9.90 Å². The van der Waals surface area contributed by atoms with E-state index in [2.05, 4.69) is 28.9 Å². The van der Waals surface area contributed by atoms with Gasteiger partial charge in [-0.1, -0.05) is 0 Å². The number of nitrogens with one attached hydrogen (secondary N) is 1. The molecule has 0 aromatic heterocycles. The van der Waals surface area contributed by atoms with Crippen molar-refractivity contribution in [1.29, 1.82) is 0 Å². The second-order valence-corrected chi connectivity index (χ2v) is 3.20. The van der Waals surface area contributed by atoms with E-state index in [0.29, 0.717) is 6.04 Å². The number of hydrogen-bond donors (Lipinski definition) is 1. The molecule has 1 aliphatic rings. The average molecular weight is 205 g/mol. The number of quaternary nitrogens is 1. The van der Waals surface area contributed by atoms with E-state index in [9.17, 15) is 0 Å². The van der Waals surface area contributed by atoms with Crippen LogP contribution in [0.5, 0.6) is 0 Å². The van der Waals surface area contributed by atoms with Crippen molar-refractivity contribution in [3.8, 4) is 0 Å². The van der Waals surface area contributed by atoms with Gasteiger partial charge < -0.3 is 0 Å². The molecule has 0 amide bonds. The summed E-state index contributed by atoms with van der Waals surface area (Å²) in [5.41, 5.74) is 0. The minimum absolute atomic E-state index is 0.409. The zero-order chi connectivity index (χ0) is 7.56. The lowest BCUT2D eigenvalue weighted by Gasteiger charge is -2.18. The molecule has 0 saturated carbocycles. The van der Waals surface area contributed by atoms with E-state index in [-0.39, 0.29) is 0 Å². The van der Waals surface area contributed by atoms with E-state index >= 15 is 0 Å².